The van der Waals surface area contributed by atoms with Crippen LogP contribution in [0.2, 0.25) is 18.1 Å². The molecule has 1 amide bonds. The van der Waals surface area contributed by atoms with Gasteiger partial charge in [-0.1, -0.05) is 39.0 Å². The van der Waals surface area contributed by atoms with Gasteiger partial charge in [0.25, 0.3) is 5.91 Å². The van der Waals surface area contributed by atoms with Crippen LogP contribution in [0, 0.1) is 0 Å². The van der Waals surface area contributed by atoms with Crippen LogP contribution in [0.3, 0.4) is 0 Å². The Bertz CT molecular complexity index is 1420. The first-order valence-corrected chi connectivity index (χ1v) is 19.2. The third kappa shape index (κ3) is 11.4. The highest BCUT2D eigenvalue weighted by molar-refractivity contribution is 6.74. The maximum Gasteiger partial charge on any atom is 0.422 e. The van der Waals surface area contributed by atoms with Gasteiger partial charge in [-0.2, -0.15) is 13.2 Å². The number of alkyl halides is 3. The van der Waals surface area contributed by atoms with E-state index in [0.29, 0.717) is 25.1 Å². The minimum atomic E-state index is -4.54. The molecule has 268 valence electrons. The minimum absolute atomic E-state index is 0.000687. The smallest absolute Gasteiger partial charge is 0.422 e. The number of hydrogen-bond donors (Lipinski definition) is 2. The first-order chi connectivity index (χ1) is 22.1. The second-order valence-electron chi connectivity index (χ2n) is 14.9. The van der Waals surface area contributed by atoms with E-state index in [-0.39, 0.29) is 29.1 Å². The lowest BCUT2D eigenvalue weighted by Crippen LogP contribution is -2.44. The summed E-state index contributed by atoms with van der Waals surface area (Å²) in [6.07, 6.45) is -4.45. The molecule has 0 saturated carbocycles. The quantitative estimate of drug-likeness (QED) is 0.162. The van der Waals surface area contributed by atoms with Crippen LogP contribution in [0.25, 0.3) is 0 Å². The van der Waals surface area contributed by atoms with Crippen LogP contribution < -0.4 is 25.4 Å². The van der Waals surface area contributed by atoms with Crippen molar-refractivity contribution < 1.29 is 41.4 Å². The van der Waals surface area contributed by atoms with Gasteiger partial charge in [0.05, 0.1) is 17.9 Å². The summed E-state index contributed by atoms with van der Waals surface area (Å²) in [4.78, 5) is 28.0. The van der Waals surface area contributed by atoms with E-state index in [9.17, 15) is 22.8 Å². The normalized spacial score (nSPS) is 15.1. The second-order valence-corrected chi connectivity index (χ2v) is 19.7. The van der Waals surface area contributed by atoms with Crippen molar-refractivity contribution >= 4 is 25.9 Å². The van der Waals surface area contributed by atoms with Gasteiger partial charge in [0.2, 0.25) is 6.10 Å². The Balaban J connectivity index is 1.73. The number of anilines is 1. The summed E-state index contributed by atoms with van der Waals surface area (Å²) in [5.41, 5.74) is 8.32. The van der Waals surface area contributed by atoms with E-state index in [1.54, 1.807) is 26.8 Å². The number of hydrogen-bond acceptors (Lipinski definition) is 8. The molecule has 1 aliphatic rings. The van der Waals surface area contributed by atoms with E-state index in [1.807, 2.05) is 13.0 Å². The molecule has 1 heterocycles. The van der Waals surface area contributed by atoms with E-state index in [2.05, 4.69) is 50.1 Å². The Hall–Kier alpha value is -3.29. The monoisotopic (exact) mass is 695 g/mol. The molecular formula is C35H52F3N3O6Si. The number of fused-ring (bicyclic) bond motifs is 1. The fourth-order valence-electron chi connectivity index (χ4n) is 5.10. The zero-order chi connectivity index (χ0) is 36.1. The predicted octanol–water partition coefficient (Wildman–Crippen LogP) is 6.42. The van der Waals surface area contributed by atoms with Gasteiger partial charge in [-0.25, -0.2) is 4.79 Å². The number of nitrogens with one attached hydrogen (secondary N) is 1. The molecule has 3 N–H and O–H groups in total. The average Bonchev–Trinajstić information content (AvgIpc) is 3.34. The van der Waals surface area contributed by atoms with Crippen molar-refractivity contribution in [1.82, 2.24) is 5.32 Å². The number of esters is 1. The molecule has 2 unspecified atom stereocenters. The van der Waals surface area contributed by atoms with Crippen molar-refractivity contribution in [3.8, 4) is 11.5 Å². The van der Waals surface area contributed by atoms with Crippen LogP contribution >= 0.6 is 0 Å². The zero-order valence-corrected chi connectivity index (χ0v) is 30.7. The largest absolute Gasteiger partial charge is 0.480 e. The summed E-state index contributed by atoms with van der Waals surface area (Å²) < 4.78 is 61.3. The number of amides is 1. The Labute approximate surface area is 283 Å². The Morgan fingerprint density at radius 1 is 1.04 bits per heavy atom. The molecule has 0 radical (unpaired) electrons. The van der Waals surface area contributed by atoms with E-state index >= 15 is 0 Å². The van der Waals surface area contributed by atoms with Gasteiger partial charge in [0.1, 0.15) is 5.60 Å². The van der Waals surface area contributed by atoms with Crippen molar-refractivity contribution in [2.75, 3.05) is 37.7 Å². The highest BCUT2D eigenvalue weighted by atomic mass is 28.4. The first-order valence-electron chi connectivity index (χ1n) is 16.3. The molecule has 0 spiro atoms. The number of carbonyl (C=O) groups excluding carboxylic acids is 2. The number of ether oxygens (including phenoxy) is 3. The van der Waals surface area contributed by atoms with E-state index in [4.69, 9.17) is 24.4 Å². The lowest BCUT2D eigenvalue weighted by Gasteiger charge is -2.36. The number of rotatable bonds is 15. The molecule has 13 heteroatoms. The summed E-state index contributed by atoms with van der Waals surface area (Å²) in [5.74, 6) is -1.35. The fraction of sp³-hybridized carbons (Fsp3) is 0.600. The molecule has 3 rings (SSSR count). The van der Waals surface area contributed by atoms with Crippen molar-refractivity contribution in [3.63, 3.8) is 0 Å². The van der Waals surface area contributed by atoms with Gasteiger partial charge in [-0.3, -0.25) is 4.79 Å². The molecule has 0 bridgehead atoms. The molecular weight excluding hydrogens is 643 g/mol. The van der Waals surface area contributed by atoms with Crippen LogP contribution in [0.4, 0.5) is 18.9 Å². The van der Waals surface area contributed by atoms with Crippen molar-refractivity contribution in [1.29, 1.82) is 0 Å². The Kier molecular flexibility index (Phi) is 12.6. The van der Waals surface area contributed by atoms with Gasteiger partial charge >= 0.3 is 12.1 Å². The maximum atomic E-state index is 13.1. The van der Waals surface area contributed by atoms with Crippen LogP contribution in [-0.2, 0) is 26.8 Å². The molecule has 1 aliphatic heterocycles. The topological polar surface area (TPSA) is 112 Å². The fourth-order valence-corrected chi connectivity index (χ4v) is 6.14. The molecule has 2 atom stereocenters. The van der Waals surface area contributed by atoms with Gasteiger partial charge in [-0.15, -0.1) is 0 Å². The Morgan fingerprint density at radius 3 is 2.27 bits per heavy atom. The van der Waals surface area contributed by atoms with Crippen LogP contribution in [0.5, 0.6) is 11.5 Å². The summed E-state index contributed by atoms with van der Waals surface area (Å²) >= 11 is 0. The van der Waals surface area contributed by atoms with Gasteiger partial charge < -0.3 is 34.6 Å². The summed E-state index contributed by atoms with van der Waals surface area (Å²) in [5, 5.41) is 3.39. The van der Waals surface area contributed by atoms with Crippen LogP contribution in [0.15, 0.2) is 36.4 Å². The highest BCUT2D eigenvalue weighted by Crippen LogP contribution is 2.37. The number of halogens is 3. The number of nitrogens with zero attached hydrogens (tertiary/aromatic N) is 1. The number of primary amides is 1. The molecule has 0 fully saturated rings. The Morgan fingerprint density at radius 2 is 1.69 bits per heavy atom. The average molecular weight is 696 g/mol. The highest BCUT2D eigenvalue weighted by Gasteiger charge is 2.37. The van der Waals surface area contributed by atoms with Crippen LogP contribution in [-0.4, -0.2) is 77.0 Å². The standard InChI is InChI=1S/C35H52F3N3O6Si/c1-23(40-21-29(32(43)47-33(2,3)4)46-28-13-11-10-12-27(28)44-22-35(36,37)38)18-24-19-25-14-15-41(30(25)26(20-24)31(39)42)16-17-45-48(8,9)34(5,6)7/h10-13,19-20,23,29,40H,14-18,21-22H2,1-9H3,(H2,39,42). The van der Waals surface area contributed by atoms with E-state index < -0.39 is 44.7 Å². The minimum Gasteiger partial charge on any atom is -0.480 e. The SMILES string of the molecule is CC(Cc1cc2c(c(C(N)=O)c1)N(CCO[Si](C)(C)C(C)(C)C)CC2)NCC(Oc1ccccc1OCC(F)(F)F)C(=O)OC(C)(C)C. The van der Waals surface area contributed by atoms with Gasteiger partial charge in [0.15, 0.2) is 26.4 Å². The van der Waals surface area contributed by atoms with Crippen molar-refractivity contribution in [3.05, 3.63) is 53.1 Å². The van der Waals surface area contributed by atoms with Gasteiger partial charge in [0, 0.05) is 25.7 Å². The van der Waals surface area contributed by atoms with E-state index in [1.165, 1.54) is 18.2 Å². The lowest BCUT2D eigenvalue weighted by atomic mass is 9.98. The number of para-hydroxylation sites is 2. The number of nitrogens with two attached hydrogens (primary N) is 1. The molecule has 48 heavy (non-hydrogen) atoms. The third-order valence-electron chi connectivity index (χ3n) is 8.48. The van der Waals surface area contributed by atoms with Crippen molar-refractivity contribution in [2.24, 2.45) is 5.73 Å². The van der Waals surface area contributed by atoms with Crippen LogP contribution in [0.1, 0.15) is 70.0 Å². The second kappa shape index (κ2) is 15.5. The summed E-state index contributed by atoms with van der Waals surface area (Å²) in [6.45, 7) is 18.6. The number of benzene rings is 2. The van der Waals surface area contributed by atoms with Gasteiger partial charge in [-0.05, 0) is 88.0 Å². The lowest BCUT2D eigenvalue weighted by molar-refractivity contribution is -0.164. The maximum absolute atomic E-state index is 13.1. The predicted molar refractivity (Wildman–Crippen MR) is 183 cm³/mol. The zero-order valence-electron chi connectivity index (χ0n) is 29.7. The molecule has 2 aromatic rings. The number of carbonyl (C=O) groups is 2. The van der Waals surface area contributed by atoms with Crippen molar-refractivity contribution in [2.45, 2.75) is 103 Å². The molecule has 0 aromatic heterocycles. The first kappa shape index (κ1) is 39.1. The summed E-state index contributed by atoms with van der Waals surface area (Å²) in [7, 11) is -1.91. The molecule has 2 aromatic carbocycles. The molecule has 0 saturated heterocycles. The molecule has 0 aliphatic carbocycles. The third-order valence-corrected chi connectivity index (χ3v) is 13.0. The summed E-state index contributed by atoms with van der Waals surface area (Å²) in [6, 6.07) is 9.59. The molecule has 9 nitrogen and oxygen atoms in total. The van der Waals surface area contributed by atoms with E-state index in [0.717, 1.165) is 29.8 Å².